The molecule has 2 nitrogen and oxygen atoms in total. The molecule has 0 aliphatic rings. The minimum absolute atomic E-state index is 0.262. The molecule has 0 saturated carbocycles. The first-order valence-corrected chi connectivity index (χ1v) is 6.03. The van der Waals surface area contributed by atoms with Gasteiger partial charge in [-0.05, 0) is 47.4 Å². The van der Waals surface area contributed by atoms with Crippen LogP contribution >= 0.6 is 15.9 Å². The Hall–Kier alpha value is -0.670. The van der Waals surface area contributed by atoms with Gasteiger partial charge in [0, 0.05) is 10.7 Å². The van der Waals surface area contributed by atoms with Crippen molar-refractivity contribution in [3.05, 3.63) is 41.2 Å². The first-order chi connectivity index (χ1) is 7.29. The van der Waals surface area contributed by atoms with Gasteiger partial charge in [0.15, 0.2) is 0 Å². The number of pyridine rings is 1. The lowest BCUT2D eigenvalue weighted by Gasteiger charge is -2.17. The minimum atomic E-state index is 0.262. The summed E-state index contributed by atoms with van der Waals surface area (Å²) in [5.41, 5.74) is 1.06. The third-order valence-electron chi connectivity index (χ3n) is 2.16. The van der Waals surface area contributed by atoms with E-state index in [1.807, 2.05) is 24.4 Å². The molecule has 1 atom stereocenters. The van der Waals surface area contributed by atoms with Gasteiger partial charge in [0.2, 0.25) is 0 Å². The van der Waals surface area contributed by atoms with Gasteiger partial charge in [0.25, 0.3) is 0 Å². The first-order valence-electron chi connectivity index (χ1n) is 5.24. The van der Waals surface area contributed by atoms with Crippen molar-refractivity contribution in [3.8, 4) is 0 Å². The topological polar surface area (TPSA) is 24.9 Å². The Balaban J connectivity index is 2.78. The van der Waals surface area contributed by atoms with Crippen LogP contribution in [0.25, 0.3) is 0 Å². The van der Waals surface area contributed by atoms with E-state index in [9.17, 15) is 0 Å². The average Bonchev–Trinajstić information content (AvgIpc) is 2.25. The van der Waals surface area contributed by atoms with Crippen molar-refractivity contribution in [2.24, 2.45) is 0 Å². The summed E-state index contributed by atoms with van der Waals surface area (Å²) in [6.07, 6.45) is 5.77. The quantitative estimate of drug-likeness (QED) is 0.800. The zero-order valence-corrected chi connectivity index (χ0v) is 10.6. The fourth-order valence-corrected chi connectivity index (χ4v) is 1.96. The summed E-state index contributed by atoms with van der Waals surface area (Å²) in [6, 6.07) is 4.21. The maximum atomic E-state index is 4.39. The molecule has 1 unspecified atom stereocenters. The molecule has 0 aliphatic heterocycles. The SMILES string of the molecule is C=CCC(NCCC)c1ncccc1Br. The summed E-state index contributed by atoms with van der Waals surface area (Å²) in [4.78, 5) is 4.39. The molecule has 0 radical (unpaired) electrons. The fraction of sp³-hybridized carbons (Fsp3) is 0.417. The van der Waals surface area contributed by atoms with Crippen LogP contribution in [0, 0.1) is 0 Å². The maximum absolute atomic E-state index is 4.39. The molecule has 0 bridgehead atoms. The van der Waals surface area contributed by atoms with E-state index in [2.05, 4.69) is 39.7 Å². The van der Waals surface area contributed by atoms with Crippen molar-refractivity contribution in [2.45, 2.75) is 25.8 Å². The van der Waals surface area contributed by atoms with Crippen molar-refractivity contribution in [2.75, 3.05) is 6.54 Å². The summed E-state index contributed by atoms with van der Waals surface area (Å²) < 4.78 is 1.06. The number of nitrogens with one attached hydrogen (secondary N) is 1. The van der Waals surface area contributed by atoms with Crippen LogP contribution in [0.2, 0.25) is 0 Å². The van der Waals surface area contributed by atoms with Crippen LogP contribution in [-0.4, -0.2) is 11.5 Å². The Morgan fingerprint density at radius 2 is 2.47 bits per heavy atom. The van der Waals surface area contributed by atoms with Gasteiger partial charge in [-0.1, -0.05) is 13.0 Å². The Morgan fingerprint density at radius 3 is 3.07 bits per heavy atom. The lowest BCUT2D eigenvalue weighted by molar-refractivity contribution is 0.523. The largest absolute Gasteiger partial charge is 0.308 e. The Morgan fingerprint density at radius 1 is 1.67 bits per heavy atom. The molecule has 1 rings (SSSR count). The molecule has 0 amide bonds. The first kappa shape index (κ1) is 12.4. The summed E-state index contributed by atoms with van der Waals surface area (Å²) >= 11 is 3.52. The number of rotatable bonds is 6. The molecule has 1 aromatic heterocycles. The number of hydrogen-bond acceptors (Lipinski definition) is 2. The van der Waals surface area contributed by atoms with Crippen molar-refractivity contribution in [1.29, 1.82) is 0 Å². The van der Waals surface area contributed by atoms with E-state index < -0.39 is 0 Å². The van der Waals surface area contributed by atoms with Crippen LogP contribution in [0.15, 0.2) is 35.5 Å². The summed E-state index contributed by atoms with van der Waals surface area (Å²) in [5.74, 6) is 0. The standard InChI is InChI=1S/C12H17BrN2/c1-3-6-11(14-8-4-2)12-10(13)7-5-9-15-12/h3,5,7,9,11,14H,1,4,6,8H2,2H3. The smallest absolute Gasteiger partial charge is 0.0718 e. The van der Waals surface area contributed by atoms with Gasteiger partial charge in [-0.15, -0.1) is 6.58 Å². The molecule has 15 heavy (non-hydrogen) atoms. The zero-order valence-electron chi connectivity index (χ0n) is 9.04. The predicted octanol–water partition coefficient (Wildman–Crippen LogP) is 3.46. The van der Waals surface area contributed by atoms with Gasteiger partial charge < -0.3 is 5.32 Å². The molecule has 0 aromatic carbocycles. The molecular weight excluding hydrogens is 252 g/mol. The second-order valence-electron chi connectivity index (χ2n) is 3.40. The number of aromatic nitrogens is 1. The van der Waals surface area contributed by atoms with Gasteiger partial charge in [-0.25, -0.2) is 0 Å². The Kier molecular flexibility index (Phi) is 5.58. The van der Waals surface area contributed by atoms with Crippen molar-refractivity contribution >= 4 is 15.9 Å². The molecule has 0 fully saturated rings. The second kappa shape index (κ2) is 6.75. The van der Waals surface area contributed by atoms with Crippen LogP contribution in [0.5, 0.6) is 0 Å². The highest BCUT2D eigenvalue weighted by Gasteiger charge is 2.12. The Labute approximate surface area is 99.9 Å². The van der Waals surface area contributed by atoms with Gasteiger partial charge in [-0.2, -0.15) is 0 Å². The molecule has 1 N–H and O–H groups in total. The van der Waals surface area contributed by atoms with Crippen molar-refractivity contribution in [3.63, 3.8) is 0 Å². The van der Waals surface area contributed by atoms with E-state index in [4.69, 9.17) is 0 Å². The number of hydrogen-bond donors (Lipinski definition) is 1. The highest BCUT2D eigenvalue weighted by atomic mass is 79.9. The van der Waals surface area contributed by atoms with E-state index in [0.717, 1.165) is 29.6 Å². The number of halogens is 1. The summed E-state index contributed by atoms with van der Waals surface area (Å²) in [7, 11) is 0. The van der Waals surface area contributed by atoms with Crippen LogP contribution in [-0.2, 0) is 0 Å². The Bertz CT molecular complexity index is 312. The molecular formula is C12H17BrN2. The van der Waals surface area contributed by atoms with E-state index in [0.29, 0.717) is 0 Å². The monoisotopic (exact) mass is 268 g/mol. The van der Waals surface area contributed by atoms with E-state index in [-0.39, 0.29) is 6.04 Å². The van der Waals surface area contributed by atoms with Crippen LogP contribution in [0.3, 0.4) is 0 Å². The van der Waals surface area contributed by atoms with Gasteiger partial charge >= 0.3 is 0 Å². The average molecular weight is 269 g/mol. The molecule has 1 aromatic rings. The van der Waals surface area contributed by atoms with Crippen LogP contribution in [0.1, 0.15) is 31.5 Å². The molecule has 82 valence electrons. The van der Waals surface area contributed by atoms with E-state index >= 15 is 0 Å². The molecule has 0 aliphatic carbocycles. The van der Waals surface area contributed by atoms with Gasteiger partial charge in [0.1, 0.15) is 0 Å². The summed E-state index contributed by atoms with van der Waals surface area (Å²) in [5, 5.41) is 3.46. The highest BCUT2D eigenvalue weighted by Crippen LogP contribution is 2.23. The third-order valence-corrected chi connectivity index (χ3v) is 2.83. The van der Waals surface area contributed by atoms with E-state index in [1.54, 1.807) is 0 Å². The third kappa shape index (κ3) is 3.76. The normalized spacial score (nSPS) is 12.4. The van der Waals surface area contributed by atoms with Crippen molar-refractivity contribution < 1.29 is 0 Å². The predicted molar refractivity (Wildman–Crippen MR) is 67.8 cm³/mol. The minimum Gasteiger partial charge on any atom is -0.308 e. The van der Waals surface area contributed by atoms with Crippen LogP contribution < -0.4 is 5.32 Å². The van der Waals surface area contributed by atoms with Gasteiger partial charge in [-0.3, -0.25) is 4.98 Å². The second-order valence-corrected chi connectivity index (χ2v) is 4.26. The molecule has 1 heterocycles. The highest BCUT2D eigenvalue weighted by molar-refractivity contribution is 9.10. The zero-order chi connectivity index (χ0) is 11.1. The maximum Gasteiger partial charge on any atom is 0.0718 e. The summed E-state index contributed by atoms with van der Waals surface area (Å²) in [6.45, 7) is 6.94. The molecule has 0 spiro atoms. The van der Waals surface area contributed by atoms with Crippen LogP contribution in [0.4, 0.5) is 0 Å². The van der Waals surface area contributed by atoms with Crippen molar-refractivity contribution in [1.82, 2.24) is 10.3 Å². The lowest BCUT2D eigenvalue weighted by atomic mass is 10.1. The van der Waals surface area contributed by atoms with Gasteiger partial charge in [0.05, 0.1) is 11.7 Å². The molecule has 3 heteroatoms. The van der Waals surface area contributed by atoms with E-state index in [1.165, 1.54) is 0 Å². The molecule has 0 saturated heterocycles. The number of nitrogens with zero attached hydrogens (tertiary/aromatic N) is 1. The lowest BCUT2D eigenvalue weighted by Crippen LogP contribution is -2.22. The fourth-order valence-electron chi connectivity index (χ4n) is 1.43.